The van der Waals surface area contributed by atoms with Gasteiger partial charge in [-0.25, -0.2) is 15.4 Å². The summed E-state index contributed by atoms with van der Waals surface area (Å²) in [6.45, 7) is 0.264. The number of amides is 2. The van der Waals surface area contributed by atoms with E-state index in [1.807, 2.05) is 0 Å². The second kappa shape index (κ2) is 9.82. The van der Waals surface area contributed by atoms with Gasteiger partial charge in [-0.2, -0.15) is 13.2 Å². The van der Waals surface area contributed by atoms with Gasteiger partial charge in [0.15, 0.2) is 11.1 Å². The lowest BCUT2D eigenvalue weighted by Crippen LogP contribution is -2.55. The number of benzene rings is 2. The number of ether oxygens (including phenoxy) is 2. The number of rotatable bonds is 6. The minimum atomic E-state index is -4.66. The molecule has 4 atom stereocenters. The summed E-state index contributed by atoms with van der Waals surface area (Å²) in [6, 6.07) is 11.1. The Balaban J connectivity index is 1.44. The summed E-state index contributed by atoms with van der Waals surface area (Å²) in [5, 5.41) is 4.05. The molecule has 0 saturated carbocycles. The summed E-state index contributed by atoms with van der Waals surface area (Å²) in [7, 11) is 3.12. The van der Waals surface area contributed by atoms with Crippen LogP contribution in [0.3, 0.4) is 0 Å². The van der Waals surface area contributed by atoms with E-state index < -0.39 is 36.3 Å². The third-order valence-electron chi connectivity index (χ3n) is 7.47. The first-order valence-electron chi connectivity index (χ1n) is 12.7. The number of carbonyl (C=O) groups is 2. The number of carbonyl (C=O) groups excluding carboxylic acids is 2. The lowest BCUT2D eigenvalue weighted by molar-refractivity contribution is -0.161. The van der Waals surface area contributed by atoms with Crippen LogP contribution >= 0.6 is 0 Å². The molecule has 0 bridgehead atoms. The summed E-state index contributed by atoms with van der Waals surface area (Å²) in [4.78, 5) is 32.4. The van der Waals surface area contributed by atoms with Crippen molar-refractivity contribution in [3.8, 4) is 5.75 Å². The van der Waals surface area contributed by atoms with E-state index in [1.165, 1.54) is 12.0 Å². The zero-order chi connectivity index (χ0) is 28.2. The predicted molar refractivity (Wildman–Crippen MR) is 135 cm³/mol. The molecule has 1 aromatic heterocycles. The zero-order valence-electron chi connectivity index (χ0n) is 21.6. The quantitative estimate of drug-likeness (QED) is 0.477. The first-order valence-corrected chi connectivity index (χ1v) is 12.7. The van der Waals surface area contributed by atoms with Gasteiger partial charge in [0.05, 0.1) is 25.3 Å². The second-order valence-electron chi connectivity index (χ2n) is 9.88. The molecule has 3 aliphatic heterocycles. The summed E-state index contributed by atoms with van der Waals surface area (Å²) < 4.78 is 60.0. The molecular formula is C27H26F3N5O5. The number of hydrazine groups is 1. The average Bonchev–Trinajstić information content (AvgIpc) is 3.63. The number of likely N-dealkylation sites (tertiary alicyclic amines) is 1. The number of oxazole rings is 1. The van der Waals surface area contributed by atoms with E-state index in [1.54, 1.807) is 55.6 Å². The van der Waals surface area contributed by atoms with Crippen LogP contribution in [0.25, 0.3) is 16.7 Å². The lowest BCUT2D eigenvalue weighted by atomic mass is 9.89. The van der Waals surface area contributed by atoms with Crippen molar-refractivity contribution < 1.29 is 36.7 Å². The van der Waals surface area contributed by atoms with E-state index in [0.717, 1.165) is 5.01 Å². The highest BCUT2D eigenvalue weighted by atomic mass is 19.4. The first kappa shape index (κ1) is 26.1. The maximum Gasteiger partial charge on any atom is 0.406 e. The van der Waals surface area contributed by atoms with Gasteiger partial charge in [0.1, 0.15) is 29.6 Å². The molecule has 6 rings (SSSR count). The molecule has 210 valence electrons. The highest BCUT2D eigenvalue weighted by Gasteiger charge is 2.58. The fourth-order valence-corrected chi connectivity index (χ4v) is 5.48. The van der Waals surface area contributed by atoms with Crippen molar-refractivity contribution in [3.05, 3.63) is 65.7 Å². The Morgan fingerprint density at radius 3 is 2.58 bits per heavy atom. The van der Waals surface area contributed by atoms with Crippen LogP contribution in [0.4, 0.5) is 13.2 Å². The average molecular weight is 558 g/mol. The Morgan fingerprint density at radius 1 is 1.12 bits per heavy atom. The van der Waals surface area contributed by atoms with E-state index in [4.69, 9.17) is 13.9 Å². The van der Waals surface area contributed by atoms with Gasteiger partial charge < -0.3 is 24.1 Å². The minimum Gasteiger partial charge on any atom is -0.494 e. The molecule has 2 saturated heterocycles. The van der Waals surface area contributed by atoms with Crippen molar-refractivity contribution in [2.75, 3.05) is 27.3 Å². The fraction of sp³-hybridized carbons (Fsp3) is 0.370. The van der Waals surface area contributed by atoms with Gasteiger partial charge in [0.2, 0.25) is 5.89 Å². The predicted octanol–water partition coefficient (Wildman–Crippen LogP) is 2.79. The first-order chi connectivity index (χ1) is 19.2. The second-order valence-corrected chi connectivity index (χ2v) is 9.88. The van der Waals surface area contributed by atoms with E-state index >= 15 is 0 Å². The monoisotopic (exact) mass is 557 g/mol. The Morgan fingerprint density at radius 2 is 1.90 bits per heavy atom. The van der Waals surface area contributed by atoms with Crippen LogP contribution in [0, 0.1) is 0 Å². The van der Waals surface area contributed by atoms with Gasteiger partial charge in [0.25, 0.3) is 11.8 Å². The van der Waals surface area contributed by atoms with Gasteiger partial charge in [-0.1, -0.05) is 36.4 Å². The number of likely N-dealkylation sites (N-methyl/N-ethyl adjacent to an activating group) is 1. The minimum absolute atomic E-state index is 0.101. The zero-order valence-corrected chi connectivity index (χ0v) is 21.6. The highest BCUT2D eigenvalue weighted by Crippen LogP contribution is 2.43. The number of hydrogen-bond donors (Lipinski definition) is 2. The van der Waals surface area contributed by atoms with Crippen LogP contribution in [-0.4, -0.2) is 78.5 Å². The summed E-state index contributed by atoms with van der Waals surface area (Å²) in [6.07, 6.45) is -6.06. The van der Waals surface area contributed by atoms with Crippen molar-refractivity contribution >= 4 is 28.5 Å². The molecular weight excluding hydrogens is 531 g/mol. The maximum atomic E-state index is 14.3. The topological polar surface area (TPSA) is 109 Å². The van der Waals surface area contributed by atoms with Crippen LogP contribution < -0.4 is 15.5 Å². The molecule has 4 heterocycles. The highest BCUT2D eigenvalue weighted by molar-refractivity contribution is 6.20. The third kappa shape index (κ3) is 4.34. The van der Waals surface area contributed by atoms with Crippen molar-refractivity contribution in [1.82, 2.24) is 25.6 Å². The Hall–Kier alpha value is -4.10. The number of hydrogen-bond acceptors (Lipinski definition) is 8. The number of alkyl halides is 3. The molecule has 10 nitrogen and oxygen atoms in total. The van der Waals surface area contributed by atoms with E-state index in [-0.39, 0.29) is 29.7 Å². The third-order valence-corrected chi connectivity index (χ3v) is 7.47. The molecule has 13 heteroatoms. The number of halogens is 3. The molecule has 0 aliphatic carbocycles. The molecule has 40 heavy (non-hydrogen) atoms. The Labute approximate surface area is 226 Å². The Kier molecular flexibility index (Phi) is 6.42. The molecule has 3 aliphatic rings. The summed E-state index contributed by atoms with van der Waals surface area (Å²) in [5.74, 6) is -1.86. The lowest BCUT2D eigenvalue weighted by Gasteiger charge is -2.35. The van der Waals surface area contributed by atoms with Gasteiger partial charge in [-0.05, 0) is 17.7 Å². The number of methoxy groups -OCH3 is 1. The standard InChI is InChI=1S/C27H26F3N5O5/c1-34-12-11-18(25(34)36)39-13-15-20(24-32-21-16(38-2)9-6-10-17(21)40-24)26(37)35-23(31-15)19(14-7-4-3-5-8-14)22(33-35)27(28,29)30/h3-10,18-19,22-23,31,33H,11-13H2,1-2H3. The van der Waals surface area contributed by atoms with E-state index in [9.17, 15) is 22.8 Å². The molecule has 2 aromatic carbocycles. The maximum absolute atomic E-state index is 14.3. The van der Waals surface area contributed by atoms with Crippen LogP contribution in [-0.2, 0) is 14.3 Å². The van der Waals surface area contributed by atoms with Gasteiger partial charge >= 0.3 is 6.18 Å². The van der Waals surface area contributed by atoms with E-state index in [2.05, 4.69) is 15.7 Å². The van der Waals surface area contributed by atoms with Crippen LogP contribution in [0.1, 0.15) is 23.8 Å². The molecule has 2 N–H and O–H groups in total. The summed E-state index contributed by atoms with van der Waals surface area (Å²) >= 11 is 0. The molecule has 2 fully saturated rings. The van der Waals surface area contributed by atoms with Crippen LogP contribution in [0.2, 0.25) is 0 Å². The fourth-order valence-electron chi connectivity index (χ4n) is 5.48. The van der Waals surface area contributed by atoms with E-state index in [0.29, 0.717) is 35.4 Å². The number of fused-ring (bicyclic) bond motifs is 2. The van der Waals surface area contributed by atoms with Crippen LogP contribution in [0.5, 0.6) is 5.75 Å². The number of aromatic nitrogens is 1. The molecule has 4 unspecified atom stereocenters. The van der Waals surface area contributed by atoms with Crippen molar-refractivity contribution in [2.45, 2.75) is 36.8 Å². The largest absolute Gasteiger partial charge is 0.494 e. The molecule has 0 radical (unpaired) electrons. The van der Waals surface area contributed by atoms with Gasteiger partial charge in [0, 0.05) is 20.0 Å². The normalized spacial score (nSPS) is 25.1. The number of para-hydroxylation sites is 1. The SMILES string of the molecule is COc1cccc2oc(C3=C(COC4CCN(C)C4=O)NC4C(c5ccccc5)C(C(F)(F)F)NN4C3=O)nc12. The molecule has 3 aromatic rings. The molecule has 2 amide bonds. The number of nitrogens with one attached hydrogen (secondary N) is 2. The summed E-state index contributed by atoms with van der Waals surface area (Å²) in [5.41, 5.74) is 3.53. The Bertz CT molecular complexity index is 1490. The van der Waals surface area contributed by atoms with Crippen molar-refractivity contribution in [2.24, 2.45) is 0 Å². The van der Waals surface area contributed by atoms with Gasteiger partial charge in [-0.15, -0.1) is 0 Å². The van der Waals surface area contributed by atoms with Crippen LogP contribution in [0.15, 0.2) is 58.6 Å². The molecule has 0 spiro atoms. The van der Waals surface area contributed by atoms with Gasteiger partial charge in [-0.3, -0.25) is 9.59 Å². The van der Waals surface area contributed by atoms with Crippen molar-refractivity contribution in [3.63, 3.8) is 0 Å². The van der Waals surface area contributed by atoms with Crippen molar-refractivity contribution in [1.29, 1.82) is 0 Å². The number of nitrogens with zero attached hydrogens (tertiary/aromatic N) is 3. The smallest absolute Gasteiger partial charge is 0.406 e.